The first kappa shape index (κ1) is 7.94. The van der Waals surface area contributed by atoms with Crippen LogP contribution in [0, 0.1) is 0 Å². The molecule has 0 amide bonds. The summed E-state index contributed by atoms with van der Waals surface area (Å²) in [6.45, 7) is 0. The van der Waals surface area contributed by atoms with E-state index in [4.69, 9.17) is 4.42 Å². The number of aliphatic hydroxyl groups is 1. The summed E-state index contributed by atoms with van der Waals surface area (Å²) in [6.07, 6.45) is 0.366. The summed E-state index contributed by atoms with van der Waals surface area (Å²) in [6, 6.07) is 9.16. The van der Waals surface area contributed by atoms with Crippen molar-refractivity contribution in [1.29, 1.82) is 0 Å². The third kappa shape index (κ3) is 1.57. The van der Waals surface area contributed by atoms with Gasteiger partial charge in [-0.15, -0.1) is 10.2 Å². The van der Waals surface area contributed by atoms with Crippen LogP contribution in [0.25, 0.3) is 0 Å². The highest BCUT2D eigenvalue weighted by Gasteiger charge is 2.14. The molecule has 1 N–H and O–H groups in total. The van der Waals surface area contributed by atoms with Crippen LogP contribution in [0.5, 0.6) is 0 Å². The van der Waals surface area contributed by atoms with E-state index in [1.54, 1.807) is 12.1 Å². The van der Waals surface area contributed by atoms with Crippen molar-refractivity contribution in [1.82, 2.24) is 10.2 Å². The normalized spacial score (nSPS) is 12.7. The third-order valence-electron chi connectivity index (χ3n) is 1.73. The van der Waals surface area contributed by atoms with Gasteiger partial charge in [0.15, 0.2) is 6.10 Å². The van der Waals surface area contributed by atoms with Crippen molar-refractivity contribution >= 4 is 0 Å². The zero-order chi connectivity index (χ0) is 9.10. The molecule has 2 rings (SSSR count). The molecule has 4 heteroatoms. The number of aromatic nitrogens is 2. The Bertz CT molecular complexity index is 358. The molecule has 0 aliphatic heterocycles. The smallest absolute Gasteiger partial charge is 0.249 e. The first-order valence-corrected chi connectivity index (χ1v) is 3.87. The van der Waals surface area contributed by atoms with Crippen LogP contribution >= 0.6 is 0 Å². The van der Waals surface area contributed by atoms with Crippen LogP contribution < -0.4 is 0 Å². The summed E-state index contributed by atoms with van der Waals surface area (Å²) in [7, 11) is 0. The van der Waals surface area contributed by atoms with Gasteiger partial charge in [-0.25, -0.2) is 0 Å². The molecule has 0 saturated carbocycles. The Balaban J connectivity index is 2.29. The topological polar surface area (TPSA) is 59.2 Å². The molecule has 0 unspecified atom stereocenters. The first-order chi connectivity index (χ1) is 6.38. The van der Waals surface area contributed by atoms with Crippen molar-refractivity contribution in [2.75, 3.05) is 0 Å². The monoisotopic (exact) mass is 176 g/mol. The van der Waals surface area contributed by atoms with Crippen LogP contribution in [0.3, 0.4) is 0 Å². The second-order valence-corrected chi connectivity index (χ2v) is 2.59. The Morgan fingerprint density at radius 3 is 2.62 bits per heavy atom. The number of rotatable bonds is 2. The minimum Gasteiger partial charge on any atom is -0.425 e. The molecule has 0 saturated heterocycles. The summed E-state index contributed by atoms with van der Waals surface area (Å²) in [5.41, 5.74) is 0.742. The van der Waals surface area contributed by atoms with Gasteiger partial charge in [0.25, 0.3) is 0 Å². The maximum Gasteiger partial charge on any atom is 0.249 e. The molecule has 0 radical (unpaired) electrons. The van der Waals surface area contributed by atoms with E-state index in [9.17, 15) is 5.11 Å². The van der Waals surface area contributed by atoms with Crippen molar-refractivity contribution in [3.05, 3.63) is 48.2 Å². The van der Waals surface area contributed by atoms with Gasteiger partial charge >= 0.3 is 0 Å². The van der Waals surface area contributed by atoms with E-state index >= 15 is 0 Å². The van der Waals surface area contributed by atoms with Crippen LogP contribution in [-0.4, -0.2) is 15.3 Å². The first-order valence-electron chi connectivity index (χ1n) is 3.87. The second-order valence-electron chi connectivity index (χ2n) is 2.59. The molecule has 66 valence electrons. The number of hydrogen-bond acceptors (Lipinski definition) is 4. The van der Waals surface area contributed by atoms with Crippen LogP contribution in [0.2, 0.25) is 0 Å². The quantitative estimate of drug-likeness (QED) is 0.745. The highest BCUT2D eigenvalue weighted by molar-refractivity contribution is 5.20. The van der Waals surface area contributed by atoms with Crippen LogP contribution in [0.4, 0.5) is 0 Å². The van der Waals surface area contributed by atoms with E-state index in [-0.39, 0.29) is 5.89 Å². The fraction of sp³-hybridized carbons (Fsp3) is 0.111. The van der Waals surface area contributed by atoms with E-state index in [1.165, 1.54) is 6.39 Å². The lowest BCUT2D eigenvalue weighted by Gasteiger charge is -2.04. The molecule has 4 nitrogen and oxygen atoms in total. The van der Waals surface area contributed by atoms with E-state index in [2.05, 4.69) is 10.2 Å². The molecular weight excluding hydrogens is 168 g/mol. The minimum atomic E-state index is -0.830. The van der Waals surface area contributed by atoms with Gasteiger partial charge in [-0.2, -0.15) is 0 Å². The average Bonchev–Trinajstić information content (AvgIpc) is 2.71. The average molecular weight is 176 g/mol. The van der Waals surface area contributed by atoms with E-state index in [1.807, 2.05) is 18.2 Å². The van der Waals surface area contributed by atoms with Gasteiger partial charge in [-0.05, 0) is 5.56 Å². The molecule has 1 aromatic carbocycles. The summed E-state index contributed by atoms with van der Waals surface area (Å²) in [5.74, 6) is 0.214. The zero-order valence-corrected chi connectivity index (χ0v) is 6.79. The van der Waals surface area contributed by atoms with Gasteiger partial charge in [0.1, 0.15) is 0 Å². The fourth-order valence-electron chi connectivity index (χ4n) is 1.08. The SMILES string of the molecule is O[C@H](c1ccccc1)c1nnco1. The Kier molecular flexibility index (Phi) is 2.06. The molecule has 0 aliphatic rings. The number of benzene rings is 1. The van der Waals surface area contributed by atoms with Crippen molar-refractivity contribution in [2.24, 2.45) is 0 Å². The largest absolute Gasteiger partial charge is 0.425 e. The number of nitrogens with zero attached hydrogens (tertiary/aromatic N) is 2. The van der Waals surface area contributed by atoms with Gasteiger partial charge in [0.05, 0.1) is 0 Å². The Labute approximate surface area is 74.8 Å². The van der Waals surface area contributed by atoms with E-state index in [0.29, 0.717) is 0 Å². The Hall–Kier alpha value is -1.68. The third-order valence-corrected chi connectivity index (χ3v) is 1.73. The van der Waals surface area contributed by atoms with Crippen molar-refractivity contribution < 1.29 is 9.52 Å². The van der Waals surface area contributed by atoms with Crippen LogP contribution in [-0.2, 0) is 0 Å². The predicted molar refractivity (Wildman–Crippen MR) is 44.8 cm³/mol. The Morgan fingerprint density at radius 2 is 2.00 bits per heavy atom. The van der Waals surface area contributed by atoms with Crippen molar-refractivity contribution in [2.45, 2.75) is 6.10 Å². The number of hydrogen-bond donors (Lipinski definition) is 1. The number of aliphatic hydroxyl groups excluding tert-OH is 1. The maximum atomic E-state index is 9.68. The molecule has 2 aromatic rings. The second kappa shape index (κ2) is 3.37. The molecule has 1 heterocycles. The Morgan fingerprint density at radius 1 is 1.23 bits per heavy atom. The molecule has 0 aliphatic carbocycles. The zero-order valence-electron chi connectivity index (χ0n) is 6.79. The lowest BCUT2D eigenvalue weighted by atomic mass is 10.1. The molecule has 0 fully saturated rings. The molecular formula is C9H8N2O2. The van der Waals surface area contributed by atoms with Crippen molar-refractivity contribution in [3.8, 4) is 0 Å². The van der Waals surface area contributed by atoms with Gasteiger partial charge in [0.2, 0.25) is 12.3 Å². The van der Waals surface area contributed by atoms with Crippen LogP contribution in [0.15, 0.2) is 41.1 Å². The molecule has 1 atom stereocenters. The highest BCUT2D eigenvalue weighted by atomic mass is 16.4. The van der Waals surface area contributed by atoms with Crippen molar-refractivity contribution in [3.63, 3.8) is 0 Å². The summed E-state index contributed by atoms with van der Waals surface area (Å²) in [4.78, 5) is 0. The lowest BCUT2D eigenvalue weighted by Crippen LogP contribution is -1.99. The molecule has 1 aromatic heterocycles. The molecule has 13 heavy (non-hydrogen) atoms. The van der Waals surface area contributed by atoms with Gasteiger partial charge in [-0.1, -0.05) is 30.3 Å². The molecule has 0 spiro atoms. The van der Waals surface area contributed by atoms with E-state index in [0.717, 1.165) is 5.56 Å². The fourth-order valence-corrected chi connectivity index (χ4v) is 1.08. The van der Waals surface area contributed by atoms with Gasteiger partial charge in [0, 0.05) is 0 Å². The van der Waals surface area contributed by atoms with E-state index < -0.39 is 6.10 Å². The minimum absolute atomic E-state index is 0.214. The van der Waals surface area contributed by atoms with Gasteiger partial charge < -0.3 is 9.52 Å². The maximum absolute atomic E-state index is 9.68. The summed E-state index contributed by atoms with van der Waals surface area (Å²) >= 11 is 0. The standard InChI is InChI=1S/C9H8N2O2/c12-8(9-11-10-6-13-9)7-4-2-1-3-5-7/h1-6,8,12H/t8-/m1/s1. The summed E-state index contributed by atoms with van der Waals surface area (Å²) < 4.78 is 4.88. The summed E-state index contributed by atoms with van der Waals surface area (Å²) in [5, 5.41) is 16.8. The predicted octanol–water partition coefficient (Wildman–Crippen LogP) is 1.15. The molecule has 0 bridgehead atoms. The lowest BCUT2D eigenvalue weighted by molar-refractivity contribution is 0.182. The van der Waals surface area contributed by atoms with Crippen LogP contribution in [0.1, 0.15) is 17.6 Å². The van der Waals surface area contributed by atoms with Gasteiger partial charge in [-0.3, -0.25) is 0 Å². The highest BCUT2D eigenvalue weighted by Crippen LogP contribution is 2.18.